The van der Waals surface area contributed by atoms with E-state index in [9.17, 15) is 18.0 Å². The molecule has 0 saturated carbocycles. The maximum atomic E-state index is 12.8. The number of hydrogen-bond acceptors (Lipinski definition) is 5. The normalized spacial score (nSPS) is 11.4. The Morgan fingerprint density at radius 1 is 0.971 bits per heavy atom. The molecule has 0 aliphatic heterocycles. The average Bonchev–Trinajstić information content (AvgIpc) is 3.16. The molecule has 0 N–H and O–H groups in total. The molecule has 4 rings (SSSR count). The first-order chi connectivity index (χ1) is 16.3. The number of ether oxygens (including phenoxy) is 3. The van der Waals surface area contributed by atoms with Crippen LogP contribution in [-0.2, 0) is 22.1 Å². The summed E-state index contributed by atoms with van der Waals surface area (Å²) < 4.78 is 56.3. The molecule has 0 saturated heterocycles. The first-order valence-corrected chi connectivity index (χ1v) is 10.4. The van der Waals surface area contributed by atoms with Gasteiger partial charge in [-0.3, -0.25) is 9.36 Å². The Balaban J connectivity index is 1.69. The number of esters is 1. The molecule has 0 radical (unpaired) electrons. The standard InChI is InChI=1S/C25H21F3N2O4/c1-3-33-24(31)14-18-12-16-13-20(34-19-6-4-17(5-7-19)25(26,27)28)8-10-22(16)30(18)23-11-9-21(32-2)15-29-23/h4-13,15H,3,14H2,1-2H3. The minimum Gasteiger partial charge on any atom is -0.495 e. The van der Waals surface area contributed by atoms with Crippen molar-refractivity contribution >= 4 is 16.9 Å². The molecule has 0 aliphatic carbocycles. The molecule has 34 heavy (non-hydrogen) atoms. The van der Waals surface area contributed by atoms with E-state index >= 15 is 0 Å². The second kappa shape index (κ2) is 9.46. The van der Waals surface area contributed by atoms with Gasteiger partial charge in [-0.15, -0.1) is 0 Å². The lowest BCUT2D eigenvalue weighted by Crippen LogP contribution is -2.11. The van der Waals surface area contributed by atoms with Crippen LogP contribution in [0.5, 0.6) is 17.2 Å². The highest BCUT2D eigenvalue weighted by Gasteiger charge is 2.30. The van der Waals surface area contributed by atoms with Gasteiger partial charge in [0.15, 0.2) is 0 Å². The van der Waals surface area contributed by atoms with E-state index < -0.39 is 11.7 Å². The van der Waals surface area contributed by atoms with Crippen LogP contribution in [0.4, 0.5) is 13.2 Å². The lowest BCUT2D eigenvalue weighted by atomic mass is 10.2. The van der Waals surface area contributed by atoms with Crippen molar-refractivity contribution < 1.29 is 32.2 Å². The van der Waals surface area contributed by atoms with Gasteiger partial charge in [0.2, 0.25) is 0 Å². The fraction of sp³-hybridized carbons (Fsp3) is 0.200. The number of carbonyl (C=O) groups excluding carboxylic acids is 1. The average molecular weight is 470 g/mol. The van der Waals surface area contributed by atoms with Crippen molar-refractivity contribution in [2.45, 2.75) is 19.5 Å². The molecule has 0 aliphatic rings. The summed E-state index contributed by atoms with van der Waals surface area (Å²) in [6.07, 6.45) is -2.80. The summed E-state index contributed by atoms with van der Waals surface area (Å²) in [6.45, 7) is 2.01. The van der Waals surface area contributed by atoms with Crippen LogP contribution < -0.4 is 9.47 Å². The Morgan fingerprint density at radius 3 is 2.29 bits per heavy atom. The molecule has 9 heteroatoms. The minimum absolute atomic E-state index is 0.0331. The summed E-state index contributed by atoms with van der Waals surface area (Å²) in [5.74, 6) is 1.53. The third-order valence-corrected chi connectivity index (χ3v) is 5.08. The number of benzene rings is 2. The first kappa shape index (κ1) is 23.2. The van der Waals surface area contributed by atoms with Gasteiger partial charge in [-0.1, -0.05) is 0 Å². The van der Waals surface area contributed by atoms with E-state index in [4.69, 9.17) is 14.2 Å². The SMILES string of the molecule is CCOC(=O)Cc1cc2cc(Oc3ccc(C(F)(F)F)cc3)ccc2n1-c1ccc(OC)cn1. The lowest BCUT2D eigenvalue weighted by molar-refractivity contribution is -0.142. The Labute approximate surface area is 193 Å². The number of rotatable bonds is 7. The van der Waals surface area contributed by atoms with Crippen molar-refractivity contribution in [3.63, 3.8) is 0 Å². The minimum atomic E-state index is -4.41. The van der Waals surface area contributed by atoms with Crippen LogP contribution in [-0.4, -0.2) is 29.2 Å². The Bertz CT molecular complexity index is 1300. The molecular formula is C25H21F3N2O4. The quantitative estimate of drug-likeness (QED) is 0.312. The predicted molar refractivity (Wildman–Crippen MR) is 119 cm³/mol. The topological polar surface area (TPSA) is 62.6 Å². The number of aromatic nitrogens is 2. The Kier molecular flexibility index (Phi) is 6.45. The molecule has 2 heterocycles. The van der Waals surface area contributed by atoms with Gasteiger partial charge in [0.05, 0.1) is 37.4 Å². The highest BCUT2D eigenvalue weighted by Crippen LogP contribution is 2.33. The van der Waals surface area contributed by atoms with Crippen molar-refractivity contribution in [3.05, 3.63) is 78.1 Å². The van der Waals surface area contributed by atoms with Crippen LogP contribution >= 0.6 is 0 Å². The first-order valence-electron chi connectivity index (χ1n) is 10.4. The van der Waals surface area contributed by atoms with Gasteiger partial charge in [-0.05, 0) is 67.6 Å². The Morgan fingerprint density at radius 2 is 1.68 bits per heavy atom. The molecule has 0 bridgehead atoms. The summed E-state index contributed by atoms with van der Waals surface area (Å²) >= 11 is 0. The summed E-state index contributed by atoms with van der Waals surface area (Å²) in [5.41, 5.74) is 0.692. The van der Waals surface area contributed by atoms with Crippen LogP contribution in [0.2, 0.25) is 0 Å². The van der Waals surface area contributed by atoms with Crippen LogP contribution in [0, 0.1) is 0 Å². The van der Waals surface area contributed by atoms with Crippen molar-refractivity contribution in [1.82, 2.24) is 9.55 Å². The van der Waals surface area contributed by atoms with Gasteiger partial charge in [-0.25, -0.2) is 4.98 Å². The lowest BCUT2D eigenvalue weighted by Gasteiger charge is -2.11. The number of fused-ring (bicyclic) bond motifs is 1. The summed E-state index contributed by atoms with van der Waals surface area (Å²) in [5, 5.41) is 0.765. The molecule has 0 unspecified atom stereocenters. The van der Waals surface area contributed by atoms with E-state index in [2.05, 4.69) is 4.98 Å². The summed E-state index contributed by atoms with van der Waals surface area (Å²) in [6, 6.07) is 15.1. The monoisotopic (exact) mass is 470 g/mol. The van der Waals surface area contributed by atoms with Crippen LogP contribution in [0.25, 0.3) is 16.7 Å². The number of hydrogen-bond donors (Lipinski definition) is 0. The Hall–Kier alpha value is -4.01. The number of alkyl halides is 3. The van der Waals surface area contributed by atoms with Gasteiger partial charge < -0.3 is 14.2 Å². The third kappa shape index (κ3) is 4.98. The van der Waals surface area contributed by atoms with Crippen LogP contribution in [0.15, 0.2) is 66.9 Å². The number of pyridine rings is 1. The van der Waals surface area contributed by atoms with Crippen LogP contribution in [0.1, 0.15) is 18.2 Å². The van der Waals surface area contributed by atoms with Crippen molar-refractivity contribution in [3.8, 4) is 23.1 Å². The largest absolute Gasteiger partial charge is 0.495 e. The zero-order valence-electron chi connectivity index (χ0n) is 18.4. The molecule has 2 aromatic carbocycles. The van der Waals surface area contributed by atoms with Gasteiger partial charge in [0.25, 0.3) is 0 Å². The van der Waals surface area contributed by atoms with E-state index in [0.717, 1.165) is 23.0 Å². The number of methoxy groups -OCH3 is 1. The van der Waals surface area contributed by atoms with E-state index in [1.807, 2.05) is 10.6 Å². The molecule has 2 aromatic heterocycles. The predicted octanol–water partition coefficient (Wildman–Crippen LogP) is 5.95. The number of carbonyl (C=O) groups is 1. The second-order valence-corrected chi connectivity index (χ2v) is 7.35. The molecule has 0 atom stereocenters. The van der Waals surface area contributed by atoms with Gasteiger partial charge in [0, 0.05) is 11.1 Å². The smallest absolute Gasteiger partial charge is 0.416 e. The fourth-order valence-corrected chi connectivity index (χ4v) is 3.55. The molecule has 0 spiro atoms. The van der Waals surface area contributed by atoms with E-state index in [1.165, 1.54) is 12.1 Å². The summed E-state index contributed by atoms with van der Waals surface area (Å²) in [7, 11) is 1.55. The van der Waals surface area contributed by atoms with Gasteiger partial charge >= 0.3 is 12.1 Å². The van der Waals surface area contributed by atoms with E-state index in [0.29, 0.717) is 23.0 Å². The second-order valence-electron chi connectivity index (χ2n) is 7.35. The molecule has 176 valence electrons. The fourth-order valence-electron chi connectivity index (χ4n) is 3.55. The van der Waals surface area contributed by atoms with Crippen LogP contribution in [0.3, 0.4) is 0 Å². The molecule has 0 amide bonds. The summed E-state index contributed by atoms with van der Waals surface area (Å²) in [4.78, 5) is 16.6. The highest BCUT2D eigenvalue weighted by atomic mass is 19.4. The van der Waals surface area contributed by atoms with Gasteiger partial charge in [0.1, 0.15) is 23.1 Å². The molecular weight excluding hydrogens is 449 g/mol. The zero-order valence-corrected chi connectivity index (χ0v) is 18.4. The molecule has 0 fully saturated rings. The number of halogens is 3. The zero-order chi connectivity index (χ0) is 24.3. The third-order valence-electron chi connectivity index (χ3n) is 5.08. The molecule has 6 nitrogen and oxygen atoms in total. The maximum Gasteiger partial charge on any atom is 0.416 e. The van der Waals surface area contributed by atoms with Crippen molar-refractivity contribution in [2.24, 2.45) is 0 Å². The van der Waals surface area contributed by atoms with Crippen molar-refractivity contribution in [2.75, 3.05) is 13.7 Å². The number of nitrogens with zero attached hydrogens (tertiary/aromatic N) is 2. The maximum absolute atomic E-state index is 12.8. The van der Waals surface area contributed by atoms with Crippen molar-refractivity contribution in [1.29, 1.82) is 0 Å². The highest BCUT2D eigenvalue weighted by molar-refractivity contribution is 5.86. The van der Waals surface area contributed by atoms with E-state index in [-0.39, 0.29) is 24.7 Å². The molecule has 4 aromatic rings. The van der Waals surface area contributed by atoms with E-state index in [1.54, 1.807) is 50.6 Å². The van der Waals surface area contributed by atoms with Gasteiger partial charge in [-0.2, -0.15) is 13.2 Å².